The summed E-state index contributed by atoms with van der Waals surface area (Å²) < 4.78 is 1.75. The molecule has 0 spiro atoms. The standard InChI is InChI=1S/C25H22N4O/c1-18-16-17-19-10-8-9-15-22(19)28(18)25(30)23-26-24(20-11-4-2-5-12-20)29(27-23)21-13-6-3-7-14-21/h2-15,18H,16-17H2,1H3/t18-/m0/s1. The van der Waals surface area contributed by atoms with Crippen molar-refractivity contribution >= 4 is 11.6 Å². The van der Waals surface area contributed by atoms with E-state index < -0.39 is 0 Å². The lowest BCUT2D eigenvalue weighted by Gasteiger charge is -2.34. The SMILES string of the molecule is C[C@H]1CCc2ccccc2N1C(=O)c1nc(-c2ccccc2)n(-c2ccccc2)n1. The zero-order chi connectivity index (χ0) is 20.5. The number of hydrogen-bond donors (Lipinski definition) is 0. The number of carbonyl (C=O) groups is 1. The Kier molecular flexibility index (Phi) is 4.64. The molecule has 1 aromatic heterocycles. The van der Waals surface area contributed by atoms with Crippen LogP contribution in [0.25, 0.3) is 17.1 Å². The van der Waals surface area contributed by atoms with Crippen LogP contribution in [-0.4, -0.2) is 26.7 Å². The Morgan fingerprint density at radius 1 is 0.900 bits per heavy atom. The van der Waals surface area contributed by atoms with Crippen LogP contribution in [0.5, 0.6) is 0 Å². The minimum Gasteiger partial charge on any atom is -0.303 e. The van der Waals surface area contributed by atoms with Crippen LogP contribution in [0, 0.1) is 0 Å². The van der Waals surface area contributed by atoms with Crippen LogP contribution in [0.3, 0.4) is 0 Å². The molecule has 0 bridgehead atoms. The number of amides is 1. The molecular formula is C25H22N4O. The fourth-order valence-electron chi connectivity index (χ4n) is 4.03. The van der Waals surface area contributed by atoms with E-state index >= 15 is 0 Å². The molecule has 1 amide bonds. The topological polar surface area (TPSA) is 51.0 Å². The number of aryl methyl sites for hydroxylation is 1. The van der Waals surface area contributed by atoms with Crippen molar-refractivity contribution in [3.63, 3.8) is 0 Å². The van der Waals surface area contributed by atoms with Crippen LogP contribution >= 0.6 is 0 Å². The summed E-state index contributed by atoms with van der Waals surface area (Å²) in [6.07, 6.45) is 1.90. The van der Waals surface area contributed by atoms with Gasteiger partial charge in [0, 0.05) is 17.3 Å². The Hall–Kier alpha value is -3.73. The van der Waals surface area contributed by atoms with Crippen molar-refractivity contribution in [2.45, 2.75) is 25.8 Å². The number of hydrogen-bond acceptors (Lipinski definition) is 3. The summed E-state index contributed by atoms with van der Waals surface area (Å²) in [7, 11) is 0. The summed E-state index contributed by atoms with van der Waals surface area (Å²) in [6.45, 7) is 2.08. The summed E-state index contributed by atoms with van der Waals surface area (Å²) in [5, 5.41) is 4.65. The number of anilines is 1. The highest BCUT2D eigenvalue weighted by Crippen LogP contribution is 2.32. The molecule has 5 rings (SSSR count). The number of nitrogens with zero attached hydrogens (tertiary/aromatic N) is 4. The fraction of sp³-hybridized carbons (Fsp3) is 0.160. The molecule has 30 heavy (non-hydrogen) atoms. The van der Waals surface area contributed by atoms with Crippen molar-refractivity contribution in [3.8, 4) is 17.1 Å². The summed E-state index contributed by atoms with van der Waals surface area (Å²) in [5.41, 5.74) is 3.93. The lowest BCUT2D eigenvalue weighted by Crippen LogP contribution is -2.42. The predicted molar refractivity (Wildman–Crippen MR) is 118 cm³/mol. The molecule has 3 aromatic carbocycles. The van der Waals surface area contributed by atoms with E-state index in [1.165, 1.54) is 5.56 Å². The first-order valence-electron chi connectivity index (χ1n) is 10.2. The first-order valence-corrected chi connectivity index (χ1v) is 10.2. The normalized spacial score (nSPS) is 15.6. The minimum atomic E-state index is -0.165. The lowest BCUT2D eigenvalue weighted by atomic mass is 9.96. The molecule has 0 aliphatic carbocycles. The van der Waals surface area contributed by atoms with Crippen molar-refractivity contribution in [3.05, 3.63) is 96.3 Å². The third-order valence-corrected chi connectivity index (χ3v) is 5.57. The van der Waals surface area contributed by atoms with Gasteiger partial charge in [0.2, 0.25) is 5.82 Å². The van der Waals surface area contributed by atoms with Crippen LogP contribution in [0.1, 0.15) is 29.5 Å². The summed E-state index contributed by atoms with van der Waals surface area (Å²) in [6, 6.07) is 27.8. The van der Waals surface area contributed by atoms with Gasteiger partial charge in [0.05, 0.1) is 5.69 Å². The second kappa shape index (κ2) is 7.59. The van der Waals surface area contributed by atoms with Crippen molar-refractivity contribution in [1.82, 2.24) is 14.8 Å². The van der Waals surface area contributed by atoms with E-state index in [1.54, 1.807) is 4.68 Å². The number of benzene rings is 3. The highest BCUT2D eigenvalue weighted by atomic mass is 16.2. The van der Waals surface area contributed by atoms with E-state index in [0.29, 0.717) is 5.82 Å². The second-order valence-electron chi connectivity index (χ2n) is 7.56. The van der Waals surface area contributed by atoms with Gasteiger partial charge in [0.1, 0.15) is 0 Å². The Balaban J connectivity index is 1.62. The Labute approximate surface area is 175 Å². The average molecular weight is 394 g/mol. The number of carbonyl (C=O) groups excluding carboxylic acids is 1. The Morgan fingerprint density at radius 2 is 1.57 bits per heavy atom. The van der Waals surface area contributed by atoms with Crippen LogP contribution < -0.4 is 4.90 Å². The summed E-state index contributed by atoms with van der Waals surface area (Å²) in [5.74, 6) is 0.700. The first kappa shape index (κ1) is 18.3. The monoisotopic (exact) mass is 394 g/mol. The highest BCUT2D eigenvalue weighted by molar-refractivity contribution is 6.05. The molecule has 0 unspecified atom stereocenters. The van der Waals surface area contributed by atoms with E-state index in [4.69, 9.17) is 4.98 Å². The molecular weight excluding hydrogens is 372 g/mol. The van der Waals surface area contributed by atoms with Crippen LogP contribution in [0.2, 0.25) is 0 Å². The van der Waals surface area contributed by atoms with Gasteiger partial charge in [-0.25, -0.2) is 9.67 Å². The fourth-order valence-corrected chi connectivity index (χ4v) is 4.03. The molecule has 1 atom stereocenters. The Morgan fingerprint density at radius 3 is 2.33 bits per heavy atom. The van der Waals surface area contributed by atoms with Gasteiger partial charge < -0.3 is 4.90 Å². The maximum atomic E-state index is 13.6. The van der Waals surface area contributed by atoms with Crippen LogP contribution in [0.4, 0.5) is 5.69 Å². The minimum absolute atomic E-state index is 0.0938. The van der Waals surface area contributed by atoms with E-state index in [0.717, 1.165) is 29.8 Å². The molecule has 0 radical (unpaired) electrons. The van der Waals surface area contributed by atoms with Crippen molar-refractivity contribution in [2.75, 3.05) is 4.90 Å². The van der Waals surface area contributed by atoms with Gasteiger partial charge in [-0.2, -0.15) is 0 Å². The molecule has 0 saturated carbocycles. The molecule has 5 nitrogen and oxygen atoms in total. The number of rotatable bonds is 3. The van der Waals surface area contributed by atoms with Crippen molar-refractivity contribution < 1.29 is 4.79 Å². The van der Waals surface area contributed by atoms with Gasteiger partial charge in [-0.3, -0.25) is 4.79 Å². The van der Waals surface area contributed by atoms with Gasteiger partial charge in [0.25, 0.3) is 5.91 Å². The first-order chi connectivity index (χ1) is 14.7. The summed E-state index contributed by atoms with van der Waals surface area (Å²) in [4.78, 5) is 20.1. The van der Waals surface area contributed by atoms with Gasteiger partial charge in [-0.05, 0) is 43.5 Å². The summed E-state index contributed by atoms with van der Waals surface area (Å²) >= 11 is 0. The molecule has 5 heteroatoms. The zero-order valence-electron chi connectivity index (χ0n) is 16.8. The van der Waals surface area contributed by atoms with Gasteiger partial charge in [-0.15, -0.1) is 5.10 Å². The van der Waals surface area contributed by atoms with Crippen molar-refractivity contribution in [1.29, 1.82) is 0 Å². The van der Waals surface area contributed by atoms with Gasteiger partial charge in [0.15, 0.2) is 5.82 Å². The number of para-hydroxylation sites is 2. The second-order valence-corrected chi connectivity index (χ2v) is 7.56. The molecule has 1 aliphatic heterocycles. The average Bonchev–Trinajstić information content (AvgIpc) is 3.25. The maximum absolute atomic E-state index is 13.6. The molecule has 0 saturated heterocycles. The third-order valence-electron chi connectivity index (χ3n) is 5.57. The van der Waals surface area contributed by atoms with Crippen LogP contribution in [-0.2, 0) is 6.42 Å². The quantitative estimate of drug-likeness (QED) is 0.496. The van der Waals surface area contributed by atoms with Crippen LogP contribution in [0.15, 0.2) is 84.9 Å². The van der Waals surface area contributed by atoms with E-state index in [-0.39, 0.29) is 17.8 Å². The maximum Gasteiger partial charge on any atom is 0.298 e. The molecule has 2 heterocycles. The third kappa shape index (κ3) is 3.18. The largest absolute Gasteiger partial charge is 0.303 e. The molecule has 148 valence electrons. The lowest BCUT2D eigenvalue weighted by molar-refractivity contribution is 0.0965. The molecule has 4 aromatic rings. The smallest absolute Gasteiger partial charge is 0.298 e. The Bertz CT molecular complexity index is 1130. The van der Waals surface area contributed by atoms with E-state index in [9.17, 15) is 4.79 Å². The molecule has 0 fully saturated rings. The van der Waals surface area contributed by atoms with E-state index in [1.807, 2.05) is 83.8 Å². The zero-order valence-corrected chi connectivity index (χ0v) is 16.8. The molecule has 0 N–H and O–H groups in total. The molecule has 1 aliphatic rings. The highest BCUT2D eigenvalue weighted by Gasteiger charge is 2.31. The van der Waals surface area contributed by atoms with Gasteiger partial charge in [-0.1, -0.05) is 66.7 Å². The predicted octanol–water partition coefficient (Wildman–Crippen LogP) is 4.92. The van der Waals surface area contributed by atoms with Gasteiger partial charge >= 0.3 is 0 Å². The number of fused-ring (bicyclic) bond motifs is 1. The van der Waals surface area contributed by atoms with Crippen molar-refractivity contribution in [2.24, 2.45) is 0 Å². The van der Waals surface area contributed by atoms with E-state index in [2.05, 4.69) is 18.1 Å². The number of aromatic nitrogens is 3.